The molecule has 0 unspecified atom stereocenters. The van der Waals surface area contributed by atoms with Gasteiger partial charge in [-0.2, -0.15) is 12.7 Å². The lowest BCUT2D eigenvalue weighted by molar-refractivity contribution is -0.137. The summed E-state index contributed by atoms with van der Waals surface area (Å²) < 4.78 is 40.5. The molecule has 0 saturated heterocycles. The smallest absolute Gasteiger partial charge is 0.304 e. The summed E-state index contributed by atoms with van der Waals surface area (Å²) in [4.78, 5) is 10.4. The van der Waals surface area contributed by atoms with Gasteiger partial charge in [0.2, 0.25) is 0 Å². The molecule has 112 valence electrons. The van der Waals surface area contributed by atoms with Crippen molar-refractivity contribution in [1.29, 1.82) is 0 Å². The van der Waals surface area contributed by atoms with E-state index < -0.39 is 22.0 Å². The largest absolute Gasteiger partial charge is 0.481 e. The summed E-state index contributed by atoms with van der Waals surface area (Å²) in [6.07, 6.45) is -0.302. The lowest BCUT2D eigenvalue weighted by Crippen LogP contribution is -2.34. The zero-order valence-corrected chi connectivity index (χ0v) is 13.3. The number of hydrogen-bond donors (Lipinski definition) is 2. The number of carboxylic acids is 1. The standard InChI is InChI=1S/C11H14BrFN2O4S/c1-7-5-9(13)8(12)6-10(7)14-20(18,19)15(2)4-3-11(16)17/h5-6,14H,3-4H2,1-2H3,(H,16,17). The monoisotopic (exact) mass is 368 g/mol. The highest BCUT2D eigenvalue weighted by molar-refractivity contribution is 9.10. The molecule has 0 heterocycles. The number of anilines is 1. The molecule has 1 rings (SSSR count). The summed E-state index contributed by atoms with van der Waals surface area (Å²) >= 11 is 2.97. The Hall–Kier alpha value is -1.19. The third-order valence-electron chi connectivity index (χ3n) is 2.56. The number of halogens is 2. The van der Waals surface area contributed by atoms with Crippen LogP contribution in [0.4, 0.5) is 10.1 Å². The molecule has 20 heavy (non-hydrogen) atoms. The van der Waals surface area contributed by atoms with Crippen LogP contribution >= 0.6 is 15.9 Å². The predicted octanol–water partition coefficient (Wildman–Crippen LogP) is 1.96. The van der Waals surface area contributed by atoms with E-state index in [-0.39, 0.29) is 23.1 Å². The second-order valence-corrected chi connectivity index (χ2v) is 6.79. The first kappa shape index (κ1) is 16.9. The van der Waals surface area contributed by atoms with Gasteiger partial charge >= 0.3 is 16.2 Å². The first-order chi connectivity index (χ1) is 9.13. The number of benzene rings is 1. The van der Waals surface area contributed by atoms with Crippen molar-refractivity contribution in [2.45, 2.75) is 13.3 Å². The fourth-order valence-electron chi connectivity index (χ4n) is 1.35. The summed E-state index contributed by atoms with van der Waals surface area (Å²) in [5.74, 6) is -1.59. The fourth-order valence-corrected chi connectivity index (χ4v) is 2.68. The highest BCUT2D eigenvalue weighted by Gasteiger charge is 2.19. The quantitative estimate of drug-likeness (QED) is 0.803. The highest BCUT2D eigenvalue weighted by Crippen LogP contribution is 2.25. The number of rotatable bonds is 6. The molecule has 0 amide bonds. The van der Waals surface area contributed by atoms with Gasteiger partial charge in [-0.3, -0.25) is 9.52 Å². The highest BCUT2D eigenvalue weighted by atomic mass is 79.9. The molecule has 0 aliphatic rings. The van der Waals surface area contributed by atoms with Gasteiger partial charge in [-0.05, 0) is 40.5 Å². The van der Waals surface area contributed by atoms with Gasteiger partial charge in [0.15, 0.2) is 0 Å². The number of aliphatic carboxylic acids is 1. The molecule has 0 saturated carbocycles. The molecule has 0 aliphatic heterocycles. The molecule has 9 heteroatoms. The van der Waals surface area contributed by atoms with Crippen LogP contribution in [0.15, 0.2) is 16.6 Å². The van der Waals surface area contributed by atoms with E-state index in [2.05, 4.69) is 20.7 Å². The Bertz CT molecular complexity index is 621. The summed E-state index contributed by atoms with van der Waals surface area (Å²) in [7, 11) is -2.62. The molecule has 6 nitrogen and oxygen atoms in total. The number of hydrogen-bond acceptors (Lipinski definition) is 3. The Morgan fingerprint density at radius 3 is 2.65 bits per heavy atom. The average Bonchev–Trinajstić information content (AvgIpc) is 2.32. The molecular weight excluding hydrogens is 355 g/mol. The van der Waals surface area contributed by atoms with Gasteiger partial charge in [-0.15, -0.1) is 0 Å². The molecule has 0 aromatic heterocycles. The van der Waals surface area contributed by atoms with Crippen LogP contribution in [0.1, 0.15) is 12.0 Å². The fraction of sp³-hybridized carbons (Fsp3) is 0.364. The maximum absolute atomic E-state index is 13.3. The maximum atomic E-state index is 13.3. The van der Waals surface area contributed by atoms with E-state index in [4.69, 9.17) is 5.11 Å². The van der Waals surface area contributed by atoms with Crippen LogP contribution in [0.5, 0.6) is 0 Å². The summed E-state index contributed by atoms with van der Waals surface area (Å²) in [6.45, 7) is 1.40. The van der Waals surface area contributed by atoms with Crippen LogP contribution in [-0.4, -0.2) is 37.4 Å². The molecule has 0 radical (unpaired) electrons. The van der Waals surface area contributed by atoms with Gasteiger partial charge in [-0.25, -0.2) is 4.39 Å². The van der Waals surface area contributed by atoms with Crippen molar-refractivity contribution in [3.8, 4) is 0 Å². The maximum Gasteiger partial charge on any atom is 0.304 e. The SMILES string of the molecule is Cc1cc(F)c(Br)cc1NS(=O)(=O)N(C)CCC(=O)O. The van der Waals surface area contributed by atoms with Crippen molar-refractivity contribution < 1.29 is 22.7 Å². The van der Waals surface area contributed by atoms with Gasteiger partial charge < -0.3 is 5.11 Å². The molecule has 0 atom stereocenters. The second kappa shape index (κ2) is 6.51. The minimum atomic E-state index is -3.88. The van der Waals surface area contributed by atoms with Gasteiger partial charge in [0.25, 0.3) is 0 Å². The average molecular weight is 369 g/mol. The van der Waals surface area contributed by atoms with Gasteiger partial charge in [0.05, 0.1) is 16.6 Å². The Morgan fingerprint density at radius 2 is 2.10 bits per heavy atom. The van der Waals surface area contributed by atoms with Crippen molar-refractivity contribution in [2.75, 3.05) is 18.3 Å². The third kappa shape index (κ3) is 4.43. The van der Waals surface area contributed by atoms with Crippen molar-refractivity contribution in [2.24, 2.45) is 0 Å². The van der Waals surface area contributed by atoms with Crippen molar-refractivity contribution in [3.63, 3.8) is 0 Å². The van der Waals surface area contributed by atoms with Crippen LogP contribution in [0, 0.1) is 12.7 Å². The topological polar surface area (TPSA) is 86.7 Å². The van der Waals surface area contributed by atoms with Crippen LogP contribution in [0.2, 0.25) is 0 Å². The Morgan fingerprint density at radius 1 is 1.50 bits per heavy atom. The molecule has 1 aromatic rings. The normalized spacial score (nSPS) is 11.7. The number of aryl methyl sites for hydroxylation is 1. The lowest BCUT2D eigenvalue weighted by Gasteiger charge is -2.18. The van der Waals surface area contributed by atoms with E-state index in [1.807, 2.05) is 0 Å². The minimum absolute atomic E-state index is 0.133. The van der Waals surface area contributed by atoms with Crippen molar-refractivity contribution in [3.05, 3.63) is 28.0 Å². The third-order valence-corrected chi connectivity index (χ3v) is 4.65. The number of carboxylic acid groups (broad SMARTS) is 1. The first-order valence-corrected chi connectivity index (χ1v) is 7.78. The van der Waals surface area contributed by atoms with E-state index >= 15 is 0 Å². The zero-order chi connectivity index (χ0) is 15.5. The molecule has 0 bridgehead atoms. The zero-order valence-electron chi connectivity index (χ0n) is 10.9. The van der Waals surface area contributed by atoms with Crippen molar-refractivity contribution in [1.82, 2.24) is 4.31 Å². The summed E-state index contributed by atoms with van der Waals surface area (Å²) in [5.41, 5.74) is 0.640. The number of nitrogens with zero attached hydrogens (tertiary/aromatic N) is 1. The molecule has 1 aromatic carbocycles. The van der Waals surface area contributed by atoms with Crippen LogP contribution in [0.3, 0.4) is 0 Å². The van der Waals surface area contributed by atoms with Gasteiger partial charge in [0.1, 0.15) is 5.82 Å². The molecule has 2 N–H and O–H groups in total. The Balaban J connectivity index is 2.91. The molecule has 0 spiro atoms. The first-order valence-electron chi connectivity index (χ1n) is 5.55. The predicted molar refractivity (Wildman–Crippen MR) is 76.3 cm³/mol. The Labute approximate surface area is 124 Å². The van der Waals surface area contributed by atoms with Gasteiger partial charge in [0, 0.05) is 13.6 Å². The Kier molecular flexibility index (Phi) is 5.49. The summed E-state index contributed by atoms with van der Waals surface area (Å²) in [5, 5.41) is 8.54. The number of nitrogens with one attached hydrogen (secondary N) is 1. The molecule has 0 fully saturated rings. The van der Waals surface area contributed by atoms with E-state index in [0.29, 0.717) is 5.56 Å². The number of carbonyl (C=O) groups is 1. The van der Waals surface area contributed by atoms with Crippen molar-refractivity contribution >= 4 is 37.8 Å². The van der Waals surface area contributed by atoms with Crippen LogP contribution < -0.4 is 4.72 Å². The molecular formula is C11H14BrFN2O4S. The molecule has 0 aliphatic carbocycles. The van der Waals surface area contributed by atoms with E-state index in [0.717, 1.165) is 4.31 Å². The van der Waals surface area contributed by atoms with E-state index in [9.17, 15) is 17.6 Å². The van der Waals surface area contributed by atoms with Crippen LogP contribution in [0.25, 0.3) is 0 Å². The van der Waals surface area contributed by atoms with E-state index in [1.165, 1.54) is 19.2 Å². The second-order valence-electron chi connectivity index (χ2n) is 4.15. The van der Waals surface area contributed by atoms with E-state index in [1.54, 1.807) is 6.92 Å². The summed E-state index contributed by atoms with van der Waals surface area (Å²) in [6, 6.07) is 2.51. The minimum Gasteiger partial charge on any atom is -0.481 e. The van der Waals surface area contributed by atoms with Crippen LogP contribution in [-0.2, 0) is 15.0 Å². The van der Waals surface area contributed by atoms with Gasteiger partial charge in [-0.1, -0.05) is 0 Å². The lowest BCUT2D eigenvalue weighted by atomic mass is 10.2.